The van der Waals surface area contributed by atoms with E-state index in [1.807, 2.05) is 25.1 Å². The van der Waals surface area contributed by atoms with Gasteiger partial charge in [-0.25, -0.2) is 18.7 Å². The van der Waals surface area contributed by atoms with E-state index in [0.717, 1.165) is 36.7 Å². The molecule has 0 atom stereocenters. The Morgan fingerprint density at radius 1 is 0.968 bits per heavy atom. The average Bonchev–Trinajstić information content (AvgIpc) is 2.72. The van der Waals surface area contributed by atoms with Crippen molar-refractivity contribution in [2.75, 3.05) is 28.6 Å². The minimum atomic E-state index is -0.737. The van der Waals surface area contributed by atoms with Crippen LogP contribution in [0.2, 0.25) is 0 Å². The first-order chi connectivity index (χ1) is 14.9. The van der Waals surface area contributed by atoms with Crippen molar-refractivity contribution in [2.24, 2.45) is 0 Å². The van der Waals surface area contributed by atoms with Gasteiger partial charge in [-0.1, -0.05) is 6.07 Å². The molecule has 1 heterocycles. The number of hydrogen-bond donors (Lipinski definition) is 2. The minimum absolute atomic E-state index is 0.139. The van der Waals surface area contributed by atoms with Gasteiger partial charge in [0.1, 0.15) is 29.1 Å². The SMILES string of the molecule is CCN(CC)c1cc(Nc2ccc(NC(=O)Cc3ccc(F)cc3F)cc2)nc(C)n1. The summed E-state index contributed by atoms with van der Waals surface area (Å²) in [6, 6.07) is 12.2. The fourth-order valence-corrected chi connectivity index (χ4v) is 3.15. The largest absolute Gasteiger partial charge is 0.357 e. The Morgan fingerprint density at radius 2 is 1.65 bits per heavy atom. The highest BCUT2D eigenvalue weighted by Gasteiger charge is 2.10. The molecule has 2 N–H and O–H groups in total. The van der Waals surface area contributed by atoms with Crippen LogP contribution in [0.3, 0.4) is 0 Å². The quantitative estimate of drug-likeness (QED) is 0.541. The molecule has 2 aromatic carbocycles. The molecular formula is C23H25F2N5O. The summed E-state index contributed by atoms with van der Waals surface area (Å²) in [6.07, 6.45) is -0.180. The number of rotatable bonds is 8. The molecule has 0 bridgehead atoms. The van der Waals surface area contributed by atoms with Crippen LogP contribution in [0, 0.1) is 18.6 Å². The number of amides is 1. The van der Waals surface area contributed by atoms with E-state index < -0.39 is 11.6 Å². The zero-order valence-electron chi connectivity index (χ0n) is 17.7. The first-order valence-corrected chi connectivity index (χ1v) is 10.1. The van der Waals surface area contributed by atoms with Gasteiger partial charge in [-0.3, -0.25) is 4.79 Å². The van der Waals surface area contributed by atoms with Gasteiger partial charge in [0.05, 0.1) is 6.42 Å². The lowest BCUT2D eigenvalue weighted by atomic mass is 10.1. The topological polar surface area (TPSA) is 70.2 Å². The molecule has 8 heteroatoms. The number of aryl methyl sites for hydroxylation is 1. The fourth-order valence-electron chi connectivity index (χ4n) is 3.15. The highest BCUT2D eigenvalue weighted by Crippen LogP contribution is 2.21. The Kier molecular flexibility index (Phi) is 7.12. The van der Waals surface area contributed by atoms with Crippen LogP contribution in [-0.2, 0) is 11.2 Å². The van der Waals surface area contributed by atoms with Gasteiger partial charge in [-0.05, 0) is 56.7 Å². The van der Waals surface area contributed by atoms with E-state index >= 15 is 0 Å². The molecule has 1 aromatic heterocycles. The zero-order chi connectivity index (χ0) is 22.4. The number of hydrogen-bond acceptors (Lipinski definition) is 5. The number of carbonyl (C=O) groups is 1. The van der Waals surface area contributed by atoms with Crippen LogP contribution in [0.4, 0.5) is 31.8 Å². The summed E-state index contributed by atoms with van der Waals surface area (Å²) >= 11 is 0. The molecule has 31 heavy (non-hydrogen) atoms. The van der Waals surface area contributed by atoms with E-state index in [1.165, 1.54) is 6.07 Å². The van der Waals surface area contributed by atoms with Crippen LogP contribution in [0.5, 0.6) is 0 Å². The van der Waals surface area contributed by atoms with Crippen molar-refractivity contribution < 1.29 is 13.6 Å². The molecule has 0 fully saturated rings. The molecule has 6 nitrogen and oxygen atoms in total. The van der Waals surface area contributed by atoms with Gasteiger partial charge in [-0.2, -0.15) is 0 Å². The summed E-state index contributed by atoms with van der Waals surface area (Å²) in [7, 11) is 0. The van der Waals surface area contributed by atoms with Crippen molar-refractivity contribution in [3.05, 3.63) is 71.6 Å². The molecule has 0 unspecified atom stereocenters. The maximum absolute atomic E-state index is 13.7. The number of aromatic nitrogens is 2. The number of nitrogens with zero attached hydrogens (tertiary/aromatic N) is 3. The molecule has 0 aliphatic carbocycles. The van der Waals surface area contributed by atoms with Crippen LogP contribution in [0.1, 0.15) is 25.2 Å². The molecule has 162 valence electrons. The number of carbonyl (C=O) groups excluding carboxylic acids is 1. The van der Waals surface area contributed by atoms with Gasteiger partial charge in [-0.15, -0.1) is 0 Å². The minimum Gasteiger partial charge on any atom is -0.357 e. The van der Waals surface area contributed by atoms with Crippen molar-refractivity contribution in [1.82, 2.24) is 9.97 Å². The molecule has 0 radical (unpaired) electrons. The molecule has 3 rings (SSSR count). The third-order valence-electron chi connectivity index (χ3n) is 4.72. The van der Waals surface area contributed by atoms with Crippen molar-refractivity contribution in [3.63, 3.8) is 0 Å². The van der Waals surface area contributed by atoms with Gasteiger partial charge in [0.25, 0.3) is 0 Å². The van der Waals surface area contributed by atoms with Crippen LogP contribution < -0.4 is 15.5 Å². The van der Waals surface area contributed by atoms with E-state index in [1.54, 1.807) is 12.1 Å². The summed E-state index contributed by atoms with van der Waals surface area (Å²) in [5.74, 6) is 0.409. The smallest absolute Gasteiger partial charge is 0.228 e. The van der Waals surface area contributed by atoms with Crippen molar-refractivity contribution in [3.8, 4) is 0 Å². The molecule has 0 spiro atoms. The number of nitrogens with one attached hydrogen (secondary N) is 2. The average molecular weight is 425 g/mol. The number of benzene rings is 2. The van der Waals surface area contributed by atoms with Crippen LogP contribution >= 0.6 is 0 Å². The summed E-state index contributed by atoms with van der Waals surface area (Å²) in [4.78, 5) is 23.2. The lowest BCUT2D eigenvalue weighted by Crippen LogP contribution is -2.23. The van der Waals surface area contributed by atoms with Crippen LogP contribution in [0.25, 0.3) is 0 Å². The van der Waals surface area contributed by atoms with Gasteiger partial charge in [0, 0.05) is 36.6 Å². The molecule has 0 aliphatic rings. The first-order valence-electron chi connectivity index (χ1n) is 10.1. The predicted molar refractivity (Wildman–Crippen MR) is 119 cm³/mol. The molecular weight excluding hydrogens is 400 g/mol. The lowest BCUT2D eigenvalue weighted by molar-refractivity contribution is -0.115. The van der Waals surface area contributed by atoms with Crippen molar-refractivity contribution >= 4 is 28.9 Å². The highest BCUT2D eigenvalue weighted by molar-refractivity contribution is 5.92. The van der Waals surface area contributed by atoms with E-state index in [0.29, 0.717) is 17.3 Å². The Balaban J connectivity index is 1.64. The predicted octanol–water partition coefficient (Wildman–Crippen LogP) is 4.83. The second-order valence-corrected chi connectivity index (χ2v) is 6.99. The summed E-state index contributed by atoms with van der Waals surface area (Å²) in [5, 5.41) is 5.96. The molecule has 0 saturated heterocycles. The van der Waals surface area contributed by atoms with E-state index in [9.17, 15) is 13.6 Å². The second-order valence-electron chi connectivity index (χ2n) is 6.99. The molecule has 0 saturated carbocycles. The third kappa shape index (κ3) is 5.97. The second kappa shape index (κ2) is 9.97. The summed E-state index contributed by atoms with van der Waals surface area (Å²) in [5.41, 5.74) is 1.51. The number of halogens is 2. The highest BCUT2D eigenvalue weighted by atomic mass is 19.1. The summed E-state index contributed by atoms with van der Waals surface area (Å²) in [6.45, 7) is 7.70. The molecule has 0 aliphatic heterocycles. The monoisotopic (exact) mass is 425 g/mol. The van der Waals surface area contributed by atoms with Crippen molar-refractivity contribution in [1.29, 1.82) is 0 Å². The molecule has 1 amide bonds. The van der Waals surface area contributed by atoms with Gasteiger partial charge in [0.15, 0.2) is 0 Å². The van der Waals surface area contributed by atoms with E-state index in [4.69, 9.17) is 0 Å². The van der Waals surface area contributed by atoms with E-state index in [-0.39, 0.29) is 17.9 Å². The lowest BCUT2D eigenvalue weighted by Gasteiger charge is -2.20. The van der Waals surface area contributed by atoms with Crippen molar-refractivity contribution in [2.45, 2.75) is 27.2 Å². The number of anilines is 4. The normalized spacial score (nSPS) is 10.6. The Labute approximate surface area is 180 Å². The van der Waals surface area contributed by atoms with E-state index in [2.05, 4.69) is 39.3 Å². The Morgan fingerprint density at radius 3 is 2.29 bits per heavy atom. The van der Waals surface area contributed by atoms with Gasteiger partial charge in [0.2, 0.25) is 5.91 Å². The zero-order valence-corrected chi connectivity index (χ0v) is 17.7. The Hall–Kier alpha value is -3.55. The molecule has 3 aromatic rings. The maximum Gasteiger partial charge on any atom is 0.228 e. The summed E-state index contributed by atoms with van der Waals surface area (Å²) < 4.78 is 26.7. The first kappa shape index (κ1) is 22.1. The fraction of sp³-hybridized carbons (Fsp3) is 0.261. The third-order valence-corrected chi connectivity index (χ3v) is 4.72. The van der Waals surface area contributed by atoms with Crippen LogP contribution in [0.15, 0.2) is 48.5 Å². The maximum atomic E-state index is 13.7. The Bertz CT molecular complexity index is 1050. The van der Waals surface area contributed by atoms with Gasteiger partial charge < -0.3 is 15.5 Å². The van der Waals surface area contributed by atoms with Crippen LogP contribution in [-0.4, -0.2) is 29.0 Å². The standard InChI is InChI=1S/C23H25F2N5O/c1-4-30(5-2)22-14-21(26-15(3)27-22)28-18-8-10-19(11-9-18)29-23(31)12-16-6-7-17(24)13-20(16)25/h6-11,13-14H,4-5,12H2,1-3H3,(H,29,31)(H,26,27,28). The van der Waals surface area contributed by atoms with Gasteiger partial charge >= 0.3 is 0 Å².